The number of alkyl halides is 2. The van der Waals surface area contributed by atoms with Crippen LogP contribution in [0.25, 0.3) is 0 Å². The first-order valence-electron chi connectivity index (χ1n) is 11.4. The van der Waals surface area contributed by atoms with Crippen LogP contribution in [0.5, 0.6) is 0 Å². The van der Waals surface area contributed by atoms with E-state index in [9.17, 15) is 19.2 Å². The zero-order valence-electron chi connectivity index (χ0n) is 19.8. The molecular weight excluding hydrogens is 612 g/mol. The number of carbonyl (C=O) groups is 4. The van der Waals surface area contributed by atoms with E-state index in [1.165, 1.54) is 0 Å². The summed E-state index contributed by atoms with van der Waals surface area (Å²) in [6, 6.07) is 17.0. The number of ether oxygens (including phenoxy) is 2. The van der Waals surface area contributed by atoms with Crippen LogP contribution in [0.1, 0.15) is 13.8 Å². The third kappa shape index (κ3) is 4.71. The van der Waals surface area contributed by atoms with Crippen molar-refractivity contribution >= 4 is 78.4 Å². The topological polar surface area (TPSA) is 118 Å². The molecule has 0 fully saturated rings. The quantitative estimate of drug-likeness (QED) is 0.325. The van der Waals surface area contributed by atoms with Gasteiger partial charge in [-0.15, -0.1) is 0 Å². The smallest absolute Gasteiger partial charge is 0.356 e. The molecule has 2 amide bonds. The van der Waals surface area contributed by atoms with Crippen LogP contribution in [0, 0.1) is 5.92 Å². The van der Waals surface area contributed by atoms with Gasteiger partial charge in [0.15, 0.2) is 15.7 Å². The number of benzene rings is 2. The summed E-state index contributed by atoms with van der Waals surface area (Å²) in [5.41, 5.74) is 0.325. The Morgan fingerprint density at radius 2 is 1.41 bits per heavy atom. The number of hydrazone groups is 2. The van der Waals surface area contributed by atoms with Gasteiger partial charge in [-0.1, -0.05) is 68.3 Å². The van der Waals surface area contributed by atoms with Crippen molar-refractivity contribution in [2.45, 2.75) is 23.0 Å². The Kier molecular flexibility index (Phi) is 7.88. The lowest BCUT2D eigenvalue weighted by Gasteiger charge is -2.30. The Labute approximate surface area is 229 Å². The fraction of sp³-hybridized carbons (Fsp3) is 0.280. The van der Waals surface area contributed by atoms with Crippen LogP contribution in [-0.2, 0) is 28.7 Å². The van der Waals surface area contributed by atoms with E-state index in [0.29, 0.717) is 11.4 Å². The van der Waals surface area contributed by atoms with E-state index in [1.54, 1.807) is 74.5 Å². The molecule has 0 aromatic heterocycles. The lowest BCUT2D eigenvalue weighted by atomic mass is 9.86. The van der Waals surface area contributed by atoms with Gasteiger partial charge in [-0.2, -0.15) is 20.2 Å². The Bertz CT molecular complexity index is 1290. The van der Waals surface area contributed by atoms with E-state index in [0.717, 1.165) is 10.0 Å². The fourth-order valence-corrected chi connectivity index (χ4v) is 5.51. The van der Waals surface area contributed by atoms with Crippen molar-refractivity contribution in [1.29, 1.82) is 0 Å². The zero-order chi connectivity index (χ0) is 26.7. The van der Waals surface area contributed by atoms with Gasteiger partial charge >= 0.3 is 11.9 Å². The maximum Gasteiger partial charge on any atom is 0.356 e. The van der Waals surface area contributed by atoms with Crippen LogP contribution in [0.2, 0.25) is 0 Å². The average Bonchev–Trinajstić information content (AvgIpc) is 3.39. The van der Waals surface area contributed by atoms with E-state index < -0.39 is 38.8 Å². The number of hydrogen-bond donors (Lipinski definition) is 0. The molecule has 2 heterocycles. The van der Waals surface area contributed by atoms with Gasteiger partial charge in [0.1, 0.15) is 5.92 Å². The van der Waals surface area contributed by atoms with E-state index in [4.69, 9.17) is 9.47 Å². The lowest BCUT2D eigenvalue weighted by Crippen LogP contribution is -2.56. The molecule has 0 saturated carbocycles. The molecule has 0 unspecified atom stereocenters. The summed E-state index contributed by atoms with van der Waals surface area (Å²) < 4.78 is 8.46. The summed E-state index contributed by atoms with van der Waals surface area (Å²) in [6.07, 6.45) is 0. The predicted octanol–water partition coefficient (Wildman–Crippen LogP) is 3.43. The third-order valence-corrected chi connectivity index (χ3v) is 8.69. The number of nitrogens with zero attached hydrogens (tertiary/aromatic N) is 4. The van der Waals surface area contributed by atoms with Crippen molar-refractivity contribution in [3.63, 3.8) is 0 Å². The second-order valence-electron chi connectivity index (χ2n) is 7.90. The zero-order valence-corrected chi connectivity index (χ0v) is 23.0. The molecule has 0 aliphatic carbocycles. The molecule has 4 rings (SSSR count). The van der Waals surface area contributed by atoms with E-state index in [1.807, 2.05) is 0 Å². The second-order valence-corrected chi connectivity index (χ2v) is 10.1. The van der Waals surface area contributed by atoms with Gasteiger partial charge in [0, 0.05) is 0 Å². The fourth-order valence-electron chi connectivity index (χ4n) is 3.94. The number of hydrogen-bond acceptors (Lipinski definition) is 8. The van der Waals surface area contributed by atoms with Crippen LogP contribution in [0.4, 0.5) is 11.4 Å². The molecule has 3 atom stereocenters. The van der Waals surface area contributed by atoms with Crippen LogP contribution in [0.15, 0.2) is 70.9 Å². The third-order valence-electron chi connectivity index (χ3n) is 5.65. The molecule has 0 bridgehead atoms. The van der Waals surface area contributed by atoms with Gasteiger partial charge in [-0.25, -0.2) is 9.59 Å². The molecule has 2 aromatic carbocycles. The number of esters is 2. The van der Waals surface area contributed by atoms with E-state index >= 15 is 0 Å². The van der Waals surface area contributed by atoms with Crippen molar-refractivity contribution in [3.05, 3.63) is 60.7 Å². The first kappa shape index (κ1) is 26.7. The molecular formula is C25H22Br2N4O6. The molecule has 2 aliphatic rings. The summed E-state index contributed by atoms with van der Waals surface area (Å²) in [4.78, 5) is 52.3. The summed E-state index contributed by atoms with van der Waals surface area (Å²) >= 11 is 6.90. The Hall–Kier alpha value is -3.38. The highest BCUT2D eigenvalue weighted by molar-refractivity contribution is 9.13. The van der Waals surface area contributed by atoms with Crippen molar-refractivity contribution in [2.24, 2.45) is 16.1 Å². The number of carbonyl (C=O) groups excluding carboxylic acids is 4. The lowest BCUT2D eigenvalue weighted by molar-refractivity contribution is -0.136. The van der Waals surface area contributed by atoms with Crippen LogP contribution in [0.3, 0.4) is 0 Å². The maximum absolute atomic E-state index is 13.9. The first-order chi connectivity index (χ1) is 17.7. The minimum Gasteiger partial charge on any atom is -0.461 e. The van der Waals surface area contributed by atoms with Crippen LogP contribution in [-0.4, -0.2) is 57.5 Å². The molecule has 37 heavy (non-hydrogen) atoms. The monoisotopic (exact) mass is 632 g/mol. The summed E-state index contributed by atoms with van der Waals surface area (Å²) in [7, 11) is 0. The van der Waals surface area contributed by atoms with Gasteiger partial charge < -0.3 is 9.47 Å². The normalized spacial score (nSPS) is 22.0. The molecule has 192 valence electrons. The Morgan fingerprint density at radius 1 is 0.892 bits per heavy atom. The van der Waals surface area contributed by atoms with Crippen molar-refractivity contribution < 1.29 is 28.7 Å². The van der Waals surface area contributed by atoms with Crippen molar-refractivity contribution in [3.8, 4) is 0 Å². The Balaban J connectivity index is 1.80. The molecule has 2 aliphatic heterocycles. The minimum absolute atomic E-state index is 0.0348. The van der Waals surface area contributed by atoms with Crippen LogP contribution >= 0.6 is 31.9 Å². The average molecular weight is 634 g/mol. The first-order valence-corrected chi connectivity index (χ1v) is 13.1. The molecule has 0 spiro atoms. The highest BCUT2D eigenvalue weighted by atomic mass is 79.9. The second kappa shape index (κ2) is 10.9. The minimum atomic E-state index is -1.88. The molecule has 0 N–H and O–H groups in total. The number of anilines is 2. The molecule has 2 aromatic rings. The van der Waals surface area contributed by atoms with Gasteiger partial charge in [-0.3, -0.25) is 9.59 Å². The standard InChI is InChI=1S/C25H22Br2N4O6/c1-3-36-22(33)18-17(21(32)30(28-18)15-11-7-5-8-12-15)19(26)25(27)20(23(34)37-4-2)29-31(24(25)35)16-13-9-6-10-14-16/h5-14,17,19H,3-4H2,1-2H3/t17-,19+,25+/m1/s1. The summed E-state index contributed by atoms with van der Waals surface area (Å²) in [5.74, 6) is -4.23. The number of para-hydroxylation sites is 2. The van der Waals surface area contributed by atoms with Gasteiger partial charge in [0.25, 0.3) is 11.8 Å². The van der Waals surface area contributed by atoms with Crippen LogP contribution < -0.4 is 10.0 Å². The van der Waals surface area contributed by atoms with Gasteiger partial charge in [-0.05, 0) is 38.1 Å². The van der Waals surface area contributed by atoms with Crippen molar-refractivity contribution in [2.75, 3.05) is 23.2 Å². The molecule has 12 heteroatoms. The number of rotatable bonds is 8. The molecule has 10 nitrogen and oxygen atoms in total. The van der Waals surface area contributed by atoms with Gasteiger partial charge in [0.05, 0.1) is 29.4 Å². The van der Waals surface area contributed by atoms with E-state index in [-0.39, 0.29) is 24.6 Å². The SMILES string of the molecule is CCOC(=O)C1=NN(c2ccccc2)C(=O)[C@H]1[C@H](Br)[C@@]1(Br)C(=O)N(c2ccccc2)N=C1C(=O)OCC. The highest BCUT2D eigenvalue weighted by Gasteiger charge is 2.63. The Morgan fingerprint density at radius 3 is 1.95 bits per heavy atom. The van der Waals surface area contributed by atoms with E-state index in [2.05, 4.69) is 42.1 Å². The molecule has 0 radical (unpaired) electrons. The van der Waals surface area contributed by atoms with Gasteiger partial charge in [0.2, 0.25) is 0 Å². The number of amides is 2. The molecule has 0 saturated heterocycles. The maximum atomic E-state index is 13.9. The van der Waals surface area contributed by atoms with Crippen molar-refractivity contribution in [1.82, 2.24) is 0 Å². The summed E-state index contributed by atoms with van der Waals surface area (Å²) in [6.45, 7) is 3.33. The largest absolute Gasteiger partial charge is 0.461 e. The number of halogens is 2. The highest BCUT2D eigenvalue weighted by Crippen LogP contribution is 2.44. The predicted molar refractivity (Wildman–Crippen MR) is 144 cm³/mol. The summed E-state index contributed by atoms with van der Waals surface area (Å²) in [5, 5.41) is 10.7.